The Kier molecular flexibility index (Phi) is 5.03. The lowest BCUT2D eigenvalue weighted by Crippen LogP contribution is -2.43. The molecule has 1 atom stereocenters. The summed E-state index contributed by atoms with van der Waals surface area (Å²) in [7, 11) is 0. The van der Waals surface area contributed by atoms with Gasteiger partial charge in [0, 0.05) is 35.9 Å². The molecule has 0 aliphatic carbocycles. The van der Waals surface area contributed by atoms with E-state index >= 15 is 0 Å². The lowest BCUT2D eigenvalue weighted by atomic mass is 10.1. The maximum Gasteiger partial charge on any atom is 0.256 e. The Morgan fingerprint density at radius 1 is 1.12 bits per heavy atom. The average Bonchev–Trinajstić information content (AvgIpc) is 3.47. The number of imidazole rings is 1. The van der Waals surface area contributed by atoms with Gasteiger partial charge in [0.05, 0.1) is 16.6 Å². The fourth-order valence-corrected chi connectivity index (χ4v) is 4.03. The van der Waals surface area contributed by atoms with E-state index in [9.17, 15) is 9.59 Å². The van der Waals surface area contributed by atoms with Crippen LogP contribution in [0, 0.1) is 0 Å². The number of hydrogen-bond acceptors (Lipinski definition) is 5. The van der Waals surface area contributed by atoms with Gasteiger partial charge < -0.3 is 20.9 Å². The first-order chi connectivity index (χ1) is 15.6. The van der Waals surface area contributed by atoms with Crippen LogP contribution in [0.25, 0.3) is 22.4 Å². The second kappa shape index (κ2) is 8.14. The molecule has 1 aliphatic rings. The maximum atomic E-state index is 12.9. The number of likely N-dealkylation sites (tertiary alicyclic amines) is 1. The second-order valence-corrected chi connectivity index (χ2v) is 7.83. The monoisotopic (exact) mass is 426 g/mol. The minimum atomic E-state index is -0.497. The van der Waals surface area contributed by atoms with Crippen LogP contribution in [0.1, 0.15) is 23.2 Å². The zero-order valence-electron chi connectivity index (χ0n) is 17.3. The van der Waals surface area contributed by atoms with Crippen molar-refractivity contribution in [1.29, 1.82) is 0 Å². The molecule has 8 nitrogen and oxygen atoms in total. The number of pyridine rings is 1. The molecule has 3 heterocycles. The lowest BCUT2D eigenvalue weighted by molar-refractivity contribution is -0.119. The van der Waals surface area contributed by atoms with Gasteiger partial charge in [-0.3, -0.25) is 14.6 Å². The third-order valence-corrected chi connectivity index (χ3v) is 5.66. The number of hydrogen-bond donors (Lipinski definition) is 3. The van der Waals surface area contributed by atoms with E-state index in [4.69, 9.17) is 5.73 Å². The Labute approximate surface area is 184 Å². The molecule has 0 saturated carbocycles. The molecular formula is C24H22N6O2. The Balaban J connectivity index is 1.29. The summed E-state index contributed by atoms with van der Waals surface area (Å²) in [4.78, 5) is 39.2. The van der Waals surface area contributed by atoms with Gasteiger partial charge in [-0.2, -0.15) is 0 Å². The van der Waals surface area contributed by atoms with Crippen LogP contribution in [0.5, 0.6) is 0 Å². The summed E-state index contributed by atoms with van der Waals surface area (Å²) in [6.45, 7) is 0.557. The van der Waals surface area contributed by atoms with Crippen LogP contribution in [-0.4, -0.2) is 44.3 Å². The number of aromatic nitrogens is 3. The number of carbonyl (C=O) groups excluding carboxylic acids is 2. The van der Waals surface area contributed by atoms with Crippen LogP contribution in [0.4, 0.5) is 11.4 Å². The van der Waals surface area contributed by atoms with Crippen LogP contribution >= 0.6 is 0 Å². The molecule has 2 aromatic carbocycles. The van der Waals surface area contributed by atoms with Crippen LogP contribution in [0.2, 0.25) is 0 Å². The summed E-state index contributed by atoms with van der Waals surface area (Å²) in [6, 6.07) is 15.9. The van der Waals surface area contributed by atoms with Gasteiger partial charge in [-0.15, -0.1) is 0 Å². The zero-order valence-corrected chi connectivity index (χ0v) is 17.3. The van der Waals surface area contributed by atoms with E-state index in [0.29, 0.717) is 29.9 Å². The number of nitrogens with two attached hydrogens (primary N) is 1. The van der Waals surface area contributed by atoms with Crippen molar-refractivity contribution in [2.24, 2.45) is 0 Å². The van der Waals surface area contributed by atoms with E-state index in [0.717, 1.165) is 28.8 Å². The van der Waals surface area contributed by atoms with Crippen LogP contribution in [0.15, 0.2) is 67.0 Å². The number of nitrogen functional groups attached to an aromatic ring is 1. The Bertz CT molecular complexity index is 1280. The molecule has 0 spiro atoms. The normalized spacial score (nSPS) is 15.8. The second-order valence-electron chi connectivity index (χ2n) is 7.83. The van der Waals surface area contributed by atoms with Crippen molar-refractivity contribution in [3.05, 3.63) is 72.6 Å². The number of nitrogens with zero attached hydrogens (tertiary/aromatic N) is 3. The molecular weight excluding hydrogens is 404 g/mol. The molecule has 160 valence electrons. The molecule has 1 saturated heterocycles. The molecule has 32 heavy (non-hydrogen) atoms. The first-order valence-corrected chi connectivity index (χ1v) is 10.5. The molecule has 0 unspecified atom stereocenters. The molecule has 1 aliphatic heterocycles. The fourth-order valence-electron chi connectivity index (χ4n) is 4.03. The summed E-state index contributed by atoms with van der Waals surface area (Å²) >= 11 is 0. The standard InChI is InChI=1S/C24H22N6O2/c25-17-7-10-19-20(13-17)29-22(28-19)15-5-8-18(9-6-15)27-23(31)21-4-2-12-30(21)24(32)16-3-1-11-26-14-16/h1,3,5-11,13-14,21H,2,4,12,25H2,(H,27,31)(H,28,29)/t21-/m0/s1. The highest BCUT2D eigenvalue weighted by atomic mass is 16.2. The minimum absolute atomic E-state index is 0.170. The van der Waals surface area contributed by atoms with E-state index in [2.05, 4.69) is 20.3 Å². The van der Waals surface area contributed by atoms with E-state index in [1.165, 1.54) is 6.20 Å². The average molecular weight is 426 g/mol. The number of anilines is 2. The molecule has 0 radical (unpaired) electrons. The van der Waals surface area contributed by atoms with Crippen molar-refractivity contribution in [2.75, 3.05) is 17.6 Å². The summed E-state index contributed by atoms with van der Waals surface area (Å²) in [5.41, 5.74) is 10.3. The third kappa shape index (κ3) is 3.78. The molecule has 0 bridgehead atoms. The van der Waals surface area contributed by atoms with Gasteiger partial charge in [0.25, 0.3) is 5.91 Å². The number of fused-ring (bicyclic) bond motifs is 1. The van der Waals surface area contributed by atoms with Gasteiger partial charge in [0.1, 0.15) is 11.9 Å². The van der Waals surface area contributed by atoms with Crippen molar-refractivity contribution >= 4 is 34.2 Å². The largest absolute Gasteiger partial charge is 0.399 e. The lowest BCUT2D eigenvalue weighted by Gasteiger charge is -2.24. The first-order valence-electron chi connectivity index (χ1n) is 10.5. The number of H-pyrrole nitrogens is 1. The van der Waals surface area contributed by atoms with Crippen LogP contribution < -0.4 is 11.1 Å². The number of benzene rings is 2. The van der Waals surface area contributed by atoms with Gasteiger partial charge in [-0.25, -0.2) is 4.98 Å². The van der Waals surface area contributed by atoms with Crippen LogP contribution in [0.3, 0.4) is 0 Å². The van der Waals surface area contributed by atoms with E-state index in [1.54, 1.807) is 23.2 Å². The van der Waals surface area contributed by atoms with Crippen molar-refractivity contribution in [3.63, 3.8) is 0 Å². The van der Waals surface area contributed by atoms with Gasteiger partial charge in [0.15, 0.2) is 0 Å². The van der Waals surface area contributed by atoms with Gasteiger partial charge in [-0.1, -0.05) is 0 Å². The number of aromatic amines is 1. The SMILES string of the molecule is Nc1ccc2[nH]c(-c3ccc(NC(=O)[C@@H]4CCCN4C(=O)c4cccnc4)cc3)nc2c1. The molecule has 2 aromatic heterocycles. The van der Waals surface area contributed by atoms with Gasteiger partial charge in [-0.05, 0) is 67.4 Å². The highest BCUT2D eigenvalue weighted by molar-refractivity contribution is 6.01. The Morgan fingerprint density at radius 2 is 1.97 bits per heavy atom. The minimum Gasteiger partial charge on any atom is -0.399 e. The Morgan fingerprint density at radius 3 is 2.75 bits per heavy atom. The third-order valence-electron chi connectivity index (χ3n) is 5.66. The van der Waals surface area contributed by atoms with E-state index in [-0.39, 0.29) is 11.8 Å². The number of nitrogens with one attached hydrogen (secondary N) is 2. The molecule has 1 fully saturated rings. The number of carbonyl (C=O) groups is 2. The van der Waals surface area contributed by atoms with Crippen molar-refractivity contribution in [1.82, 2.24) is 19.9 Å². The van der Waals surface area contributed by atoms with Crippen molar-refractivity contribution in [3.8, 4) is 11.4 Å². The predicted molar refractivity (Wildman–Crippen MR) is 123 cm³/mol. The molecule has 4 N–H and O–H groups in total. The molecule has 2 amide bonds. The Hall–Kier alpha value is -4.20. The van der Waals surface area contributed by atoms with E-state index in [1.807, 2.05) is 42.5 Å². The summed E-state index contributed by atoms with van der Waals surface area (Å²) in [6.07, 6.45) is 4.58. The smallest absolute Gasteiger partial charge is 0.256 e. The topological polar surface area (TPSA) is 117 Å². The zero-order chi connectivity index (χ0) is 22.1. The van der Waals surface area contributed by atoms with E-state index < -0.39 is 6.04 Å². The van der Waals surface area contributed by atoms with Crippen LogP contribution in [-0.2, 0) is 4.79 Å². The summed E-state index contributed by atoms with van der Waals surface area (Å²) in [5, 5.41) is 2.94. The molecule has 4 aromatic rings. The summed E-state index contributed by atoms with van der Waals surface area (Å²) in [5.74, 6) is 0.371. The fraction of sp³-hybridized carbons (Fsp3) is 0.167. The highest BCUT2D eigenvalue weighted by Crippen LogP contribution is 2.25. The maximum absolute atomic E-state index is 12.9. The van der Waals surface area contributed by atoms with Gasteiger partial charge >= 0.3 is 0 Å². The van der Waals surface area contributed by atoms with Gasteiger partial charge in [0.2, 0.25) is 5.91 Å². The first kappa shape index (κ1) is 19.7. The highest BCUT2D eigenvalue weighted by Gasteiger charge is 2.34. The summed E-state index contributed by atoms with van der Waals surface area (Å²) < 4.78 is 0. The number of amides is 2. The number of rotatable bonds is 4. The quantitative estimate of drug-likeness (QED) is 0.432. The predicted octanol–water partition coefficient (Wildman–Crippen LogP) is 3.45. The van der Waals surface area contributed by atoms with Crippen molar-refractivity contribution < 1.29 is 9.59 Å². The molecule has 5 rings (SSSR count). The molecule has 8 heteroatoms. The van der Waals surface area contributed by atoms with Crippen molar-refractivity contribution in [2.45, 2.75) is 18.9 Å².